The van der Waals surface area contributed by atoms with E-state index in [1.165, 1.54) is 0 Å². The summed E-state index contributed by atoms with van der Waals surface area (Å²) in [6, 6.07) is 4.94. The molecule has 0 saturated carbocycles. The summed E-state index contributed by atoms with van der Waals surface area (Å²) < 4.78 is 0. The van der Waals surface area contributed by atoms with Crippen LogP contribution in [0.5, 0.6) is 0 Å². The van der Waals surface area contributed by atoms with Gasteiger partial charge in [-0.15, -0.1) is 0 Å². The Hall–Kier alpha value is -1.86. The quantitative estimate of drug-likeness (QED) is 0.418. The molecule has 98 valence electrons. The number of β-amino-alcohol motifs (C(OH)–C–C–N with tert-alkyl or cyclic N) is 1. The lowest BCUT2D eigenvalue weighted by Gasteiger charge is -2.31. The van der Waals surface area contributed by atoms with Crippen LogP contribution in [0.2, 0.25) is 0 Å². The molecule has 1 fully saturated rings. The Kier molecular flexibility index (Phi) is 3.63. The molecule has 2 rings (SSSR count). The molecular weight excluding hydrogens is 236 g/mol. The van der Waals surface area contributed by atoms with Gasteiger partial charge in [0.2, 0.25) is 0 Å². The number of nitrogen functional groups attached to an aromatic ring is 1. The Morgan fingerprint density at radius 3 is 2.94 bits per heavy atom. The molecule has 7 nitrogen and oxygen atoms in total. The highest BCUT2D eigenvalue weighted by molar-refractivity contribution is 5.76. The number of rotatable bonds is 3. The molecule has 4 N–H and O–H groups in total. The molecule has 1 atom stereocenters. The maximum Gasteiger partial charge on any atom is 0.316 e. The number of aliphatic hydroxyl groups is 1. The van der Waals surface area contributed by atoms with Gasteiger partial charge in [-0.3, -0.25) is 16.0 Å². The van der Waals surface area contributed by atoms with Crippen molar-refractivity contribution in [3.05, 3.63) is 28.3 Å². The number of nitro benzene ring substituents is 1. The highest BCUT2D eigenvalue weighted by atomic mass is 16.6. The van der Waals surface area contributed by atoms with Gasteiger partial charge in [0.25, 0.3) is 0 Å². The Morgan fingerprint density at radius 2 is 2.33 bits per heavy atom. The zero-order valence-corrected chi connectivity index (χ0v) is 9.87. The van der Waals surface area contributed by atoms with Crippen molar-refractivity contribution in [2.45, 2.75) is 18.9 Å². The minimum atomic E-state index is -0.453. The summed E-state index contributed by atoms with van der Waals surface area (Å²) in [7, 11) is 0. The number of hydrogen-bond donors (Lipinski definition) is 3. The van der Waals surface area contributed by atoms with Crippen LogP contribution >= 0.6 is 0 Å². The van der Waals surface area contributed by atoms with Crippen LogP contribution in [0.3, 0.4) is 0 Å². The number of nitrogens with two attached hydrogens (primary N) is 1. The van der Waals surface area contributed by atoms with Crippen LogP contribution in [-0.4, -0.2) is 29.2 Å². The Labute approximate surface area is 104 Å². The van der Waals surface area contributed by atoms with Crippen LogP contribution in [0.25, 0.3) is 0 Å². The molecule has 1 saturated heterocycles. The number of anilines is 2. The van der Waals surface area contributed by atoms with Gasteiger partial charge >= 0.3 is 5.69 Å². The van der Waals surface area contributed by atoms with Crippen LogP contribution in [0.1, 0.15) is 12.8 Å². The highest BCUT2D eigenvalue weighted by Crippen LogP contribution is 2.36. The second-order valence-corrected chi connectivity index (χ2v) is 4.32. The number of nitrogens with one attached hydrogen (secondary N) is 1. The summed E-state index contributed by atoms with van der Waals surface area (Å²) in [5, 5.41) is 20.8. The first kappa shape index (κ1) is 12.6. The normalized spacial score (nSPS) is 19.7. The number of para-hydroxylation sites is 1. The summed E-state index contributed by atoms with van der Waals surface area (Å²) in [5.41, 5.74) is 3.06. The number of nitrogens with zero attached hydrogens (tertiary/aromatic N) is 2. The molecule has 0 aliphatic carbocycles. The van der Waals surface area contributed by atoms with Crippen LogP contribution in [0, 0.1) is 10.1 Å². The second-order valence-electron chi connectivity index (χ2n) is 4.32. The summed E-state index contributed by atoms with van der Waals surface area (Å²) >= 11 is 0. The number of piperidine rings is 1. The van der Waals surface area contributed by atoms with Gasteiger partial charge in [-0.25, -0.2) is 0 Å². The standard InChI is InChI=1S/C11H16N4O3/c12-13-9-4-1-5-10(11(9)15(17)18)14-6-2-3-8(16)7-14/h1,4-5,8,13,16H,2-3,6-7,12H2. The summed E-state index contributed by atoms with van der Waals surface area (Å²) in [6.45, 7) is 1.11. The fraction of sp³-hybridized carbons (Fsp3) is 0.455. The summed E-state index contributed by atoms with van der Waals surface area (Å²) in [6.07, 6.45) is 1.12. The lowest BCUT2D eigenvalue weighted by molar-refractivity contribution is -0.383. The molecule has 18 heavy (non-hydrogen) atoms. The third kappa shape index (κ3) is 2.36. The fourth-order valence-corrected chi connectivity index (χ4v) is 2.27. The van der Waals surface area contributed by atoms with Gasteiger partial charge in [0.15, 0.2) is 0 Å². The molecule has 1 aromatic rings. The third-order valence-corrected chi connectivity index (χ3v) is 3.09. The SMILES string of the molecule is NNc1cccc(N2CCCC(O)C2)c1[N+](=O)[O-]. The molecule has 0 aromatic heterocycles. The van der Waals surface area contributed by atoms with E-state index >= 15 is 0 Å². The van der Waals surface area contributed by atoms with E-state index in [0.717, 1.165) is 12.8 Å². The maximum atomic E-state index is 11.1. The Bertz CT molecular complexity index is 452. The smallest absolute Gasteiger partial charge is 0.316 e. The molecular formula is C11H16N4O3. The summed E-state index contributed by atoms with van der Waals surface area (Å²) in [5.74, 6) is 5.29. The predicted octanol–water partition coefficient (Wildman–Crippen LogP) is 0.842. The molecule has 0 spiro atoms. The van der Waals surface area contributed by atoms with Crippen molar-refractivity contribution in [1.29, 1.82) is 0 Å². The van der Waals surface area contributed by atoms with E-state index in [-0.39, 0.29) is 11.4 Å². The first-order chi connectivity index (χ1) is 8.63. The average molecular weight is 252 g/mol. The second kappa shape index (κ2) is 5.19. The van der Waals surface area contributed by atoms with Gasteiger partial charge in [0.05, 0.1) is 11.0 Å². The zero-order chi connectivity index (χ0) is 13.1. The number of hydrazine groups is 1. The van der Waals surface area contributed by atoms with E-state index in [1.807, 2.05) is 4.90 Å². The van der Waals surface area contributed by atoms with Crippen molar-refractivity contribution in [3.63, 3.8) is 0 Å². The predicted molar refractivity (Wildman–Crippen MR) is 68.4 cm³/mol. The number of benzene rings is 1. The van der Waals surface area contributed by atoms with E-state index < -0.39 is 11.0 Å². The Balaban J connectivity index is 2.40. The highest BCUT2D eigenvalue weighted by Gasteiger charge is 2.26. The maximum absolute atomic E-state index is 11.1. The van der Waals surface area contributed by atoms with E-state index in [1.54, 1.807) is 18.2 Å². The van der Waals surface area contributed by atoms with Gasteiger partial charge < -0.3 is 15.4 Å². The van der Waals surface area contributed by atoms with Crippen LogP contribution in [0.15, 0.2) is 18.2 Å². The van der Waals surface area contributed by atoms with Gasteiger partial charge in [0.1, 0.15) is 11.4 Å². The minimum Gasteiger partial charge on any atom is -0.391 e. The first-order valence-corrected chi connectivity index (χ1v) is 5.80. The van der Waals surface area contributed by atoms with Crippen molar-refractivity contribution in [1.82, 2.24) is 0 Å². The van der Waals surface area contributed by atoms with Gasteiger partial charge in [-0.2, -0.15) is 0 Å². The molecule has 1 unspecified atom stereocenters. The number of aliphatic hydroxyl groups excluding tert-OH is 1. The van der Waals surface area contributed by atoms with Gasteiger partial charge in [-0.05, 0) is 25.0 Å². The van der Waals surface area contributed by atoms with Crippen LogP contribution < -0.4 is 16.2 Å². The van der Waals surface area contributed by atoms with E-state index in [4.69, 9.17) is 5.84 Å². The molecule has 0 bridgehead atoms. The number of nitro groups is 1. The molecule has 7 heteroatoms. The largest absolute Gasteiger partial charge is 0.391 e. The molecule has 0 radical (unpaired) electrons. The van der Waals surface area contributed by atoms with Crippen LogP contribution in [-0.2, 0) is 0 Å². The van der Waals surface area contributed by atoms with Crippen molar-refractivity contribution >= 4 is 17.1 Å². The minimum absolute atomic E-state index is 0.0471. The fourth-order valence-electron chi connectivity index (χ4n) is 2.27. The van der Waals surface area contributed by atoms with Crippen molar-refractivity contribution in [2.75, 3.05) is 23.4 Å². The lowest BCUT2D eigenvalue weighted by Crippen LogP contribution is -2.38. The van der Waals surface area contributed by atoms with E-state index in [9.17, 15) is 15.2 Å². The van der Waals surface area contributed by atoms with Crippen LogP contribution in [0.4, 0.5) is 17.1 Å². The lowest BCUT2D eigenvalue weighted by atomic mass is 10.1. The van der Waals surface area contributed by atoms with E-state index in [2.05, 4.69) is 5.43 Å². The van der Waals surface area contributed by atoms with Gasteiger partial charge in [0, 0.05) is 13.1 Å². The molecule has 1 aliphatic rings. The Morgan fingerprint density at radius 1 is 1.56 bits per heavy atom. The topological polar surface area (TPSA) is 105 Å². The van der Waals surface area contributed by atoms with Crippen molar-refractivity contribution in [2.24, 2.45) is 5.84 Å². The van der Waals surface area contributed by atoms with E-state index in [0.29, 0.717) is 18.8 Å². The monoisotopic (exact) mass is 252 g/mol. The molecule has 1 aliphatic heterocycles. The van der Waals surface area contributed by atoms with Crippen molar-refractivity contribution < 1.29 is 10.0 Å². The molecule has 1 aromatic carbocycles. The van der Waals surface area contributed by atoms with Gasteiger partial charge in [-0.1, -0.05) is 6.07 Å². The number of hydrogen-bond acceptors (Lipinski definition) is 6. The molecule has 1 heterocycles. The first-order valence-electron chi connectivity index (χ1n) is 5.80. The third-order valence-electron chi connectivity index (χ3n) is 3.09. The summed E-state index contributed by atoms with van der Waals surface area (Å²) in [4.78, 5) is 12.5. The average Bonchev–Trinajstić information content (AvgIpc) is 2.37. The zero-order valence-electron chi connectivity index (χ0n) is 9.87. The van der Waals surface area contributed by atoms with Crippen molar-refractivity contribution in [3.8, 4) is 0 Å². The molecule has 0 amide bonds.